The Balaban J connectivity index is 1.81. The molecule has 0 fully saturated rings. The van der Waals surface area contributed by atoms with Gasteiger partial charge in [0.2, 0.25) is 5.13 Å². The van der Waals surface area contributed by atoms with Crippen molar-refractivity contribution in [3.05, 3.63) is 47.5 Å². The molecule has 1 N–H and O–H groups in total. The van der Waals surface area contributed by atoms with E-state index in [1.54, 1.807) is 19.1 Å². The van der Waals surface area contributed by atoms with Crippen LogP contribution in [0.1, 0.15) is 21.9 Å². The van der Waals surface area contributed by atoms with Gasteiger partial charge in [-0.05, 0) is 25.1 Å². The van der Waals surface area contributed by atoms with Gasteiger partial charge in [0.15, 0.2) is 5.82 Å². The number of furan rings is 1. The number of alkyl halides is 3. The molecular weight excluding hydrogens is 388 g/mol. The van der Waals surface area contributed by atoms with E-state index in [0.717, 1.165) is 11.5 Å². The van der Waals surface area contributed by atoms with E-state index in [-0.39, 0.29) is 11.6 Å². The number of hydrogen-bond donors (Lipinski definition) is 1. The zero-order valence-corrected chi connectivity index (χ0v) is 14.9. The number of hydrogen-bond acceptors (Lipinski definition) is 6. The maximum Gasteiger partial charge on any atom is 0.387 e. The molecule has 0 unspecified atom stereocenters. The van der Waals surface area contributed by atoms with E-state index in [4.69, 9.17) is 16.0 Å². The van der Waals surface area contributed by atoms with E-state index in [1.165, 1.54) is 18.2 Å². The topological polar surface area (TPSA) is 77.2 Å². The third kappa shape index (κ3) is 4.17. The summed E-state index contributed by atoms with van der Waals surface area (Å²) in [5.74, 6) is 0.881. The highest BCUT2D eigenvalue weighted by molar-refractivity contribution is 7.09. The summed E-state index contributed by atoms with van der Waals surface area (Å²) in [6.45, 7) is -1.29. The second-order valence-corrected chi connectivity index (χ2v) is 6.11. The van der Waals surface area contributed by atoms with Crippen LogP contribution < -0.4 is 10.1 Å². The first-order chi connectivity index (χ1) is 12.5. The Labute approximate surface area is 155 Å². The third-order valence-electron chi connectivity index (χ3n) is 3.31. The van der Waals surface area contributed by atoms with Crippen LogP contribution in [0.25, 0.3) is 11.3 Å². The molecule has 136 valence electrons. The number of halogens is 3. The molecule has 3 rings (SSSR count). The molecule has 0 saturated heterocycles. The number of nitrogens with one attached hydrogen (secondary N) is 1. The molecule has 2 aromatic heterocycles. The summed E-state index contributed by atoms with van der Waals surface area (Å²) < 4.78 is 38.6. The van der Waals surface area contributed by atoms with Crippen LogP contribution in [0.5, 0.6) is 5.75 Å². The number of ether oxygens (including phenoxy) is 1. The van der Waals surface area contributed by atoms with E-state index in [1.807, 2.05) is 0 Å². The Morgan fingerprint density at radius 3 is 2.92 bits per heavy atom. The third-order valence-corrected chi connectivity index (χ3v) is 4.22. The van der Waals surface area contributed by atoms with E-state index < -0.39 is 12.5 Å². The number of carbonyl (C=O) groups is 1. The molecule has 1 aromatic carbocycles. The lowest BCUT2D eigenvalue weighted by molar-refractivity contribution is -0.0498. The first-order valence-electron chi connectivity index (χ1n) is 7.32. The van der Waals surface area contributed by atoms with Crippen LogP contribution in [0, 0.1) is 6.92 Å². The summed E-state index contributed by atoms with van der Waals surface area (Å²) in [4.78, 5) is 16.5. The van der Waals surface area contributed by atoms with Gasteiger partial charge >= 0.3 is 6.61 Å². The van der Waals surface area contributed by atoms with E-state index in [9.17, 15) is 13.6 Å². The minimum atomic E-state index is -2.92. The van der Waals surface area contributed by atoms with Crippen LogP contribution in [-0.2, 0) is 5.88 Å². The van der Waals surface area contributed by atoms with E-state index in [0.29, 0.717) is 33.6 Å². The first kappa shape index (κ1) is 18.3. The highest BCUT2D eigenvalue weighted by Gasteiger charge is 2.18. The summed E-state index contributed by atoms with van der Waals surface area (Å²) in [6, 6.07) is 7.55. The van der Waals surface area contributed by atoms with Gasteiger partial charge in [0.25, 0.3) is 5.91 Å². The molecule has 0 spiro atoms. The van der Waals surface area contributed by atoms with Gasteiger partial charge in [-0.15, -0.1) is 11.6 Å². The number of aryl methyl sites for hydroxylation is 1. The predicted molar refractivity (Wildman–Crippen MR) is 92.9 cm³/mol. The van der Waals surface area contributed by atoms with Crippen molar-refractivity contribution in [1.29, 1.82) is 0 Å². The first-order valence-corrected chi connectivity index (χ1v) is 8.62. The van der Waals surface area contributed by atoms with Gasteiger partial charge in [0, 0.05) is 17.1 Å². The lowest BCUT2D eigenvalue weighted by Gasteiger charge is -2.05. The molecule has 2 heterocycles. The molecule has 3 aromatic rings. The fourth-order valence-electron chi connectivity index (χ4n) is 2.20. The normalized spacial score (nSPS) is 11.0. The second kappa shape index (κ2) is 7.79. The molecule has 0 atom stereocenters. The van der Waals surface area contributed by atoms with Gasteiger partial charge in [-0.25, -0.2) is 4.98 Å². The molecule has 0 aliphatic heterocycles. The number of nitrogens with zero attached hydrogens (tertiary/aromatic N) is 2. The number of aromatic nitrogens is 2. The van der Waals surface area contributed by atoms with Crippen LogP contribution >= 0.6 is 23.1 Å². The zero-order chi connectivity index (χ0) is 18.7. The van der Waals surface area contributed by atoms with Crippen molar-refractivity contribution in [1.82, 2.24) is 9.36 Å². The quantitative estimate of drug-likeness (QED) is 0.608. The molecule has 0 radical (unpaired) electrons. The molecule has 0 aliphatic carbocycles. The minimum absolute atomic E-state index is 0.0000171. The monoisotopic (exact) mass is 399 g/mol. The van der Waals surface area contributed by atoms with Crippen molar-refractivity contribution >= 4 is 34.2 Å². The average molecular weight is 400 g/mol. The summed E-state index contributed by atoms with van der Waals surface area (Å²) in [7, 11) is 0. The van der Waals surface area contributed by atoms with Crippen molar-refractivity contribution in [2.24, 2.45) is 0 Å². The summed E-state index contributed by atoms with van der Waals surface area (Å²) in [5, 5.41) is 2.94. The average Bonchev–Trinajstić information content (AvgIpc) is 3.21. The zero-order valence-electron chi connectivity index (χ0n) is 13.3. The standard InChI is InChI=1S/C16H12ClF2N3O3S/c1-8-11(14(23)21-16-20-13(7-17)22-26-16)6-12(24-8)9-3-2-4-10(5-9)25-15(18)19/h2-6,15H,7H2,1H3,(H,20,21,22,23). The van der Waals surface area contributed by atoms with Gasteiger partial charge in [0.05, 0.1) is 11.4 Å². The predicted octanol–water partition coefficient (Wildman–Crippen LogP) is 4.70. The SMILES string of the molecule is Cc1oc(-c2cccc(OC(F)F)c2)cc1C(=O)Nc1nc(CCl)ns1. The molecular formula is C16H12ClF2N3O3S. The lowest BCUT2D eigenvalue weighted by Crippen LogP contribution is -2.11. The number of rotatable bonds is 6. The van der Waals surface area contributed by atoms with Crippen molar-refractivity contribution in [3.8, 4) is 17.1 Å². The van der Waals surface area contributed by atoms with E-state index >= 15 is 0 Å². The van der Waals surface area contributed by atoms with Crippen molar-refractivity contribution in [2.75, 3.05) is 5.32 Å². The maximum absolute atomic E-state index is 12.4. The molecule has 26 heavy (non-hydrogen) atoms. The fourth-order valence-corrected chi connectivity index (χ4v) is 2.97. The van der Waals surface area contributed by atoms with Crippen molar-refractivity contribution in [3.63, 3.8) is 0 Å². The molecule has 0 bridgehead atoms. The van der Waals surface area contributed by atoms with Crippen LogP contribution in [0.4, 0.5) is 13.9 Å². The van der Waals surface area contributed by atoms with Crippen molar-refractivity contribution < 1.29 is 22.7 Å². The summed E-state index contributed by atoms with van der Waals surface area (Å²) in [5.41, 5.74) is 0.799. The Bertz CT molecular complexity index is 929. The molecule has 10 heteroatoms. The lowest BCUT2D eigenvalue weighted by atomic mass is 10.1. The largest absolute Gasteiger partial charge is 0.461 e. The van der Waals surface area contributed by atoms with Crippen molar-refractivity contribution in [2.45, 2.75) is 19.4 Å². The Morgan fingerprint density at radius 1 is 1.42 bits per heavy atom. The summed E-state index contributed by atoms with van der Waals surface area (Å²) in [6.07, 6.45) is 0. The van der Waals surface area contributed by atoms with Gasteiger partial charge < -0.3 is 9.15 Å². The number of amides is 1. The Kier molecular flexibility index (Phi) is 5.48. The Hall–Kier alpha value is -2.52. The van der Waals surface area contributed by atoms with E-state index in [2.05, 4.69) is 19.4 Å². The fraction of sp³-hybridized carbons (Fsp3) is 0.188. The van der Waals surface area contributed by atoms with Crippen LogP contribution in [-0.4, -0.2) is 21.9 Å². The smallest absolute Gasteiger partial charge is 0.387 e. The Morgan fingerprint density at radius 2 is 2.23 bits per heavy atom. The van der Waals surface area contributed by atoms with Gasteiger partial charge in [-0.3, -0.25) is 10.1 Å². The molecule has 0 aliphatic rings. The van der Waals surface area contributed by atoms with Crippen LogP contribution in [0.3, 0.4) is 0 Å². The number of benzene rings is 1. The van der Waals surface area contributed by atoms with Gasteiger partial charge in [0.1, 0.15) is 17.3 Å². The molecule has 1 amide bonds. The van der Waals surface area contributed by atoms with Gasteiger partial charge in [-0.2, -0.15) is 13.2 Å². The highest BCUT2D eigenvalue weighted by atomic mass is 35.5. The highest BCUT2D eigenvalue weighted by Crippen LogP contribution is 2.29. The number of anilines is 1. The minimum Gasteiger partial charge on any atom is -0.461 e. The maximum atomic E-state index is 12.4. The number of carbonyl (C=O) groups excluding carboxylic acids is 1. The van der Waals surface area contributed by atoms with Crippen LogP contribution in [0.2, 0.25) is 0 Å². The molecule has 6 nitrogen and oxygen atoms in total. The van der Waals surface area contributed by atoms with Crippen LogP contribution in [0.15, 0.2) is 34.7 Å². The van der Waals surface area contributed by atoms with Gasteiger partial charge in [-0.1, -0.05) is 12.1 Å². The second-order valence-electron chi connectivity index (χ2n) is 5.09. The molecule has 0 saturated carbocycles. The summed E-state index contributed by atoms with van der Waals surface area (Å²) >= 11 is 6.65.